The van der Waals surface area contributed by atoms with Gasteiger partial charge in [-0.1, -0.05) is 42.5 Å². The van der Waals surface area contributed by atoms with Gasteiger partial charge in [-0.3, -0.25) is 14.6 Å². The summed E-state index contributed by atoms with van der Waals surface area (Å²) >= 11 is 0. The molecule has 9 nitrogen and oxygen atoms in total. The van der Waals surface area contributed by atoms with E-state index in [2.05, 4.69) is 20.9 Å². The number of alkyl halides is 3. The fraction of sp³-hybridized carbons (Fsp3) is 0.143. The molecule has 2 heterocycles. The van der Waals surface area contributed by atoms with Crippen LogP contribution in [0.4, 0.5) is 23.7 Å². The summed E-state index contributed by atoms with van der Waals surface area (Å²) in [6.07, 6.45) is -2.55. The third-order valence-corrected chi connectivity index (χ3v) is 5.66. The van der Waals surface area contributed by atoms with E-state index >= 15 is 0 Å². The van der Waals surface area contributed by atoms with Crippen molar-refractivity contribution in [2.24, 2.45) is 0 Å². The lowest BCUT2D eigenvalue weighted by atomic mass is 10.2. The number of hydrogen-bond acceptors (Lipinski definition) is 5. The summed E-state index contributed by atoms with van der Waals surface area (Å²) in [7, 11) is 1.49. The molecule has 0 atom stereocenters. The van der Waals surface area contributed by atoms with Crippen LogP contribution in [0.25, 0.3) is 0 Å². The molecule has 0 aliphatic carbocycles. The molecule has 4 rings (SSSR count). The molecule has 0 fully saturated rings. The molecule has 0 unspecified atom stereocenters. The largest absolute Gasteiger partial charge is 0.457 e. The second-order valence-electron chi connectivity index (χ2n) is 8.57. The van der Waals surface area contributed by atoms with Gasteiger partial charge in [-0.05, 0) is 35.4 Å². The smallest absolute Gasteiger partial charge is 0.417 e. The van der Waals surface area contributed by atoms with E-state index in [0.29, 0.717) is 28.7 Å². The Hall–Kier alpha value is -5.13. The molecule has 2 aromatic heterocycles. The van der Waals surface area contributed by atoms with E-state index in [-0.39, 0.29) is 24.7 Å². The van der Waals surface area contributed by atoms with Gasteiger partial charge in [-0.15, -0.1) is 0 Å². The zero-order valence-electron chi connectivity index (χ0n) is 21.2. The first-order valence-electron chi connectivity index (χ1n) is 12.0. The van der Waals surface area contributed by atoms with Crippen molar-refractivity contribution in [3.8, 4) is 11.5 Å². The highest BCUT2D eigenvalue weighted by molar-refractivity contribution is 5.92. The molecule has 206 valence electrons. The summed E-state index contributed by atoms with van der Waals surface area (Å²) in [4.78, 5) is 41.0. The maximum Gasteiger partial charge on any atom is 0.417 e. The zero-order chi connectivity index (χ0) is 28.7. The van der Waals surface area contributed by atoms with Crippen LogP contribution in [0.5, 0.6) is 11.5 Å². The van der Waals surface area contributed by atoms with Crippen LogP contribution in [-0.4, -0.2) is 28.5 Å². The molecule has 0 aliphatic heterocycles. The maximum atomic E-state index is 13.5. The van der Waals surface area contributed by atoms with Crippen LogP contribution < -0.4 is 26.2 Å². The Morgan fingerprint density at radius 2 is 1.68 bits per heavy atom. The number of aromatic nitrogens is 2. The molecule has 0 saturated heterocycles. The van der Waals surface area contributed by atoms with Crippen LogP contribution >= 0.6 is 0 Å². The molecule has 0 radical (unpaired) electrons. The number of hydrogen-bond donors (Lipinski definition) is 3. The minimum Gasteiger partial charge on any atom is -0.457 e. The predicted octanol–water partition coefficient (Wildman–Crippen LogP) is 4.78. The lowest BCUT2D eigenvalue weighted by molar-refractivity contribution is -0.138. The number of benzene rings is 2. The Labute approximate surface area is 226 Å². The summed E-state index contributed by atoms with van der Waals surface area (Å²) < 4.78 is 47.1. The fourth-order valence-electron chi connectivity index (χ4n) is 3.67. The maximum absolute atomic E-state index is 13.5. The molecule has 2 aromatic carbocycles. The standard InChI is InChI=1S/C28H24F3N5O4/c1-32-25(37)23-14-22(11-12-33-23)40-21-9-7-18(8-10-21)15-34-27(39)35-24-13-20(28(29,30)31)17-36(26(24)38)16-19-5-3-2-4-6-19/h2-14,17H,15-16H2,1H3,(H,32,37)(H2,34,35,39). The zero-order valence-corrected chi connectivity index (χ0v) is 21.2. The number of carbonyl (C=O) groups excluding carboxylic acids is 2. The summed E-state index contributed by atoms with van der Waals surface area (Å²) in [6.45, 7) is -0.0692. The lowest BCUT2D eigenvalue weighted by Crippen LogP contribution is -2.33. The van der Waals surface area contributed by atoms with Gasteiger partial charge in [0.1, 0.15) is 22.9 Å². The summed E-state index contributed by atoms with van der Waals surface area (Å²) in [6, 6.07) is 18.0. The van der Waals surface area contributed by atoms with E-state index in [0.717, 1.165) is 10.8 Å². The average Bonchev–Trinajstić information content (AvgIpc) is 2.94. The van der Waals surface area contributed by atoms with Gasteiger partial charge >= 0.3 is 12.2 Å². The third-order valence-electron chi connectivity index (χ3n) is 5.66. The topological polar surface area (TPSA) is 114 Å². The quantitative estimate of drug-likeness (QED) is 0.292. The predicted molar refractivity (Wildman–Crippen MR) is 141 cm³/mol. The molecule has 40 heavy (non-hydrogen) atoms. The van der Waals surface area contributed by atoms with E-state index in [1.54, 1.807) is 60.7 Å². The van der Waals surface area contributed by atoms with E-state index in [4.69, 9.17) is 4.74 Å². The first-order chi connectivity index (χ1) is 19.1. The molecular weight excluding hydrogens is 527 g/mol. The van der Waals surface area contributed by atoms with Crippen molar-refractivity contribution in [2.75, 3.05) is 12.4 Å². The van der Waals surface area contributed by atoms with Crippen LogP contribution in [0, 0.1) is 0 Å². The number of carbonyl (C=O) groups is 2. The van der Waals surface area contributed by atoms with Crippen LogP contribution in [0.2, 0.25) is 0 Å². The lowest BCUT2D eigenvalue weighted by Gasteiger charge is -2.15. The van der Waals surface area contributed by atoms with Gasteiger partial charge in [-0.25, -0.2) is 4.79 Å². The molecule has 0 saturated carbocycles. The molecule has 12 heteroatoms. The highest BCUT2D eigenvalue weighted by atomic mass is 19.4. The van der Waals surface area contributed by atoms with Crippen LogP contribution in [-0.2, 0) is 19.3 Å². The molecule has 0 aliphatic rings. The number of halogens is 3. The van der Waals surface area contributed by atoms with E-state index in [1.807, 2.05) is 0 Å². The summed E-state index contributed by atoms with van der Waals surface area (Å²) in [5.74, 6) is 0.508. The molecule has 0 bridgehead atoms. The number of anilines is 1. The Morgan fingerprint density at radius 3 is 2.35 bits per heavy atom. The van der Waals surface area contributed by atoms with Gasteiger partial charge in [0.15, 0.2) is 0 Å². The first-order valence-corrected chi connectivity index (χ1v) is 12.0. The summed E-state index contributed by atoms with van der Waals surface area (Å²) in [5, 5.41) is 7.24. The number of amides is 3. The van der Waals surface area contributed by atoms with Crippen LogP contribution in [0.15, 0.2) is 90.0 Å². The number of urea groups is 1. The Morgan fingerprint density at radius 1 is 0.950 bits per heavy atom. The average molecular weight is 552 g/mol. The SMILES string of the molecule is CNC(=O)c1cc(Oc2ccc(CNC(=O)Nc3cc(C(F)(F)F)cn(Cc4ccccc4)c3=O)cc2)ccn1. The van der Waals surface area contributed by atoms with Gasteiger partial charge in [0, 0.05) is 32.1 Å². The third kappa shape index (κ3) is 7.25. The van der Waals surface area contributed by atoms with Crippen LogP contribution in [0.1, 0.15) is 27.2 Å². The Bertz CT molecular complexity index is 1560. The Balaban J connectivity index is 1.41. The second-order valence-corrected chi connectivity index (χ2v) is 8.57. The van der Waals surface area contributed by atoms with Gasteiger partial charge < -0.3 is 25.3 Å². The Kier molecular flexibility index (Phi) is 8.48. The number of nitrogens with one attached hydrogen (secondary N) is 3. The van der Waals surface area contributed by atoms with Crippen LogP contribution in [0.3, 0.4) is 0 Å². The molecule has 0 spiro atoms. The van der Waals surface area contributed by atoms with Crippen molar-refractivity contribution >= 4 is 17.6 Å². The number of ether oxygens (including phenoxy) is 1. The normalized spacial score (nSPS) is 11.0. The van der Waals surface area contributed by atoms with Crippen molar-refractivity contribution in [3.63, 3.8) is 0 Å². The highest BCUT2D eigenvalue weighted by Gasteiger charge is 2.32. The van der Waals surface area contributed by atoms with Crippen molar-refractivity contribution in [2.45, 2.75) is 19.3 Å². The monoisotopic (exact) mass is 551 g/mol. The van der Waals surface area contributed by atoms with Crippen molar-refractivity contribution in [3.05, 3.63) is 118 Å². The van der Waals surface area contributed by atoms with E-state index in [1.165, 1.54) is 19.3 Å². The number of rotatable bonds is 8. The van der Waals surface area contributed by atoms with Crippen molar-refractivity contribution < 1.29 is 27.5 Å². The molecule has 3 amide bonds. The first kappa shape index (κ1) is 27.9. The molecule has 4 aromatic rings. The highest BCUT2D eigenvalue weighted by Crippen LogP contribution is 2.30. The van der Waals surface area contributed by atoms with Gasteiger partial charge in [0.2, 0.25) is 0 Å². The van der Waals surface area contributed by atoms with Gasteiger partial charge in [0.25, 0.3) is 11.5 Å². The number of nitrogens with zero attached hydrogens (tertiary/aromatic N) is 2. The minimum absolute atomic E-state index is 0.0271. The molecular formula is C28H24F3N5O4. The molecule has 3 N–H and O–H groups in total. The minimum atomic E-state index is -4.72. The fourth-order valence-corrected chi connectivity index (χ4v) is 3.67. The second kappa shape index (κ2) is 12.2. The van der Waals surface area contributed by atoms with E-state index in [9.17, 15) is 27.6 Å². The van der Waals surface area contributed by atoms with Gasteiger partial charge in [0.05, 0.1) is 12.1 Å². The number of pyridine rings is 2. The van der Waals surface area contributed by atoms with E-state index < -0.39 is 29.0 Å². The summed E-state index contributed by atoms with van der Waals surface area (Å²) in [5.41, 5.74) is -0.856. The van der Waals surface area contributed by atoms with Crippen molar-refractivity contribution in [1.29, 1.82) is 0 Å². The van der Waals surface area contributed by atoms with Gasteiger partial charge in [-0.2, -0.15) is 13.2 Å². The van der Waals surface area contributed by atoms with Crippen molar-refractivity contribution in [1.82, 2.24) is 20.2 Å².